The summed E-state index contributed by atoms with van der Waals surface area (Å²) in [7, 11) is -5.66. The van der Waals surface area contributed by atoms with Crippen molar-refractivity contribution in [2.24, 2.45) is 5.92 Å². The summed E-state index contributed by atoms with van der Waals surface area (Å²) in [6.07, 6.45) is 1.71. The predicted octanol–water partition coefficient (Wildman–Crippen LogP) is 4.83. The molecule has 0 aromatic carbocycles. The fraction of sp³-hybridized carbons (Fsp3) is 0.769. The van der Waals surface area contributed by atoms with Crippen LogP contribution in [0, 0.1) is 5.92 Å². The van der Waals surface area contributed by atoms with Gasteiger partial charge in [0.15, 0.2) is 11.5 Å². The summed E-state index contributed by atoms with van der Waals surface area (Å²) in [6, 6.07) is 0. The van der Waals surface area contributed by atoms with Crippen LogP contribution in [0.15, 0.2) is 12.7 Å². The zero-order chi connectivity index (χ0) is 28.7. The molecule has 2 fully saturated rings. The second-order valence-corrected chi connectivity index (χ2v) is 20.7. The number of nitrogen functional groups attached to an aromatic ring is 1. The van der Waals surface area contributed by atoms with Gasteiger partial charge in [-0.15, -0.1) is 0 Å². The Morgan fingerprint density at radius 2 is 1.69 bits per heavy atom. The number of anilines is 1. The standard InChI is InChI=1S/C26H45N5O6Si2/c1-10-33-21(32)11-19-23-20(35-26(19)31-14-30-22-24(27)28-13-29-25(22)31)12-34-38(15(2)3,16(4)5)37-39(36-23,17(6)7)18(8)9/h13-20,23,26H,10-12H2,1-9H3,(H2,27,28,29). The SMILES string of the molecule is CCOC(=O)CC1C2O[Si](C(C)C)(C(C)C)O[Si](C(C)C)(C(C)C)OCC2OC1n1cnc2c(N)ncnc21. The lowest BCUT2D eigenvalue weighted by atomic mass is 9.96. The van der Waals surface area contributed by atoms with Crippen molar-refractivity contribution in [1.82, 2.24) is 19.5 Å². The molecule has 11 nitrogen and oxygen atoms in total. The zero-order valence-electron chi connectivity index (χ0n) is 24.7. The molecule has 0 spiro atoms. The van der Waals surface area contributed by atoms with E-state index in [0.29, 0.717) is 24.4 Å². The maximum atomic E-state index is 12.9. The summed E-state index contributed by atoms with van der Waals surface area (Å²) in [5.41, 5.74) is 7.82. The van der Waals surface area contributed by atoms with E-state index in [-0.39, 0.29) is 46.3 Å². The Bertz CT molecular complexity index is 1140. The van der Waals surface area contributed by atoms with Gasteiger partial charge in [-0.25, -0.2) is 15.0 Å². The highest BCUT2D eigenvalue weighted by atomic mass is 28.5. The van der Waals surface area contributed by atoms with Crippen molar-refractivity contribution in [3.8, 4) is 0 Å². The van der Waals surface area contributed by atoms with Crippen LogP contribution in [0.1, 0.15) is 75.0 Å². The van der Waals surface area contributed by atoms with Gasteiger partial charge in [0.1, 0.15) is 24.2 Å². The van der Waals surface area contributed by atoms with Gasteiger partial charge in [0.2, 0.25) is 0 Å². The molecule has 2 aromatic heterocycles. The average molecular weight is 580 g/mol. The first-order chi connectivity index (χ1) is 18.4. The molecular formula is C26H45N5O6Si2. The lowest BCUT2D eigenvalue weighted by Gasteiger charge is -2.51. The molecule has 2 saturated heterocycles. The van der Waals surface area contributed by atoms with Gasteiger partial charge in [0.05, 0.1) is 32.1 Å². The first kappa shape index (κ1) is 30.1. The van der Waals surface area contributed by atoms with Crippen LogP contribution in [-0.4, -0.2) is 68.0 Å². The van der Waals surface area contributed by atoms with Crippen LogP contribution in [-0.2, 0) is 27.2 Å². The highest BCUT2D eigenvalue weighted by molar-refractivity contribution is 6.84. The molecule has 0 saturated carbocycles. The molecule has 218 valence electrons. The first-order valence-corrected chi connectivity index (χ1v) is 18.1. The van der Waals surface area contributed by atoms with Crippen LogP contribution in [0.25, 0.3) is 11.2 Å². The smallest absolute Gasteiger partial charge is 0.335 e. The van der Waals surface area contributed by atoms with Crippen molar-refractivity contribution < 1.29 is 27.2 Å². The van der Waals surface area contributed by atoms with E-state index in [0.717, 1.165) is 0 Å². The van der Waals surface area contributed by atoms with E-state index in [2.05, 4.69) is 70.3 Å². The maximum Gasteiger partial charge on any atom is 0.335 e. The van der Waals surface area contributed by atoms with Crippen LogP contribution in [0.5, 0.6) is 0 Å². The molecule has 2 N–H and O–H groups in total. The van der Waals surface area contributed by atoms with Gasteiger partial charge in [-0.2, -0.15) is 0 Å². The van der Waals surface area contributed by atoms with Crippen LogP contribution in [0.4, 0.5) is 5.82 Å². The van der Waals surface area contributed by atoms with Gasteiger partial charge >= 0.3 is 23.1 Å². The summed E-state index contributed by atoms with van der Waals surface area (Å²) in [4.78, 5) is 25.9. The number of fused-ring (bicyclic) bond motifs is 2. The highest BCUT2D eigenvalue weighted by Crippen LogP contribution is 2.50. The Morgan fingerprint density at radius 3 is 2.28 bits per heavy atom. The Kier molecular flexibility index (Phi) is 8.89. The molecule has 4 atom stereocenters. The van der Waals surface area contributed by atoms with Gasteiger partial charge in [0.25, 0.3) is 0 Å². The largest absolute Gasteiger partial charge is 0.466 e. The molecule has 4 heterocycles. The lowest BCUT2D eigenvalue weighted by molar-refractivity contribution is -0.145. The molecule has 4 rings (SSSR count). The molecule has 0 bridgehead atoms. The predicted molar refractivity (Wildman–Crippen MR) is 152 cm³/mol. The van der Waals surface area contributed by atoms with Crippen molar-refractivity contribution in [2.45, 2.75) is 109 Å². The number of rotatable bonds is 8. The summed E-state index contributed by atoms with van der Waals surface area (Å²) in [6.45, 7) is 19.9. The number of esters is 1. The molecule has 13 heteroatoms. The monoisotopic (exact) mass is 579 g/mol. The van der Waals surface area contributed by atoms with Gasteiger partial charge in [-0.3, -0.25) is 9.36 Å². The van der Waals surface area contributed by atoms with Crippen LogP contribution in [0.3, 0.4) is 0 Å². The fourth-order valence-electron chi connectivity index (χ4n) is 6.19. The Hall–Kier alpha value is -1.91. The molecule has 0 radical (unpaired) electrons. The Balaban J connectivity index is 1.84. The van der Waals surface area contributed by atoms with Crippen molar-refractivity contribution in [3.05, 3.63) is 12.7 Å². The zero-order valence-corrected chi connectivity index (χ0v) is 26.7. The number of nitrogens with zero attached hydrogens (tertiary/aromatic N) is 4. The van der Waals surface area contributed by atoms with Crippen LogP contribution in [0.2, 0.25) is 22.2 Å². The number of carbonyl (C=O) groups excluding carboxylic acids is 1. The third kappa shape index (κ3) is 5.29. The van der Waals surface area contributed by atoms with Crippen molar-refractivity contribution >= 4 is 40.1 Å². The quantitative estimate of drug-likeness (QED) is 0.342. The third-order valence-corrected chi connectivity index (χ3v) is 18.4. The number of hydrogen-bond acceptors (Lipinski definition) is 10. The maximum absolute atomic E-state index is 12.9. The summed E-state index contributed by atoms with van der Waals surface area (Å²) in [5.74, 6) is -0.405. The number of aromatic nitrogens is 4. The number of ether oxygens (including phenoxy) is 2. The van der Waals surface area contributed by atoms with E-state index >= 15 is 0 Å². The molecule has 0 aliphatic carbocycles. The van der Waals surface area contributed by atoms with E-state index in [1.807, 2.05) is 4.57 Å². The molecular weight excluding hydrogens is 534 g/mol. The Labute approximate surface area is 233 Å². The minimum absolute atomic E-state index is 0.109. The topological polar surface area (TPSA) is 133 Å². The normalized spacial score (nSPS) is 26.8. The minimum Gasteiger partial charge on any atom is -0.466 e. The number of imidazole rings is 1. The van der Waals surface area contributed by atoms with E-state index in [9.17, 15) is 4.79 Å². The van der Waals surface area contributed by atoms with E-state index in [1.165, 1.54) is 6.33 Å². The Morgan fingerprint density at radius 1 is 1.05 bits per heavy atom. The highest BCUT2D eigenvalue weighted by Gasteiger charge is 2.62. The van der Waals surface area contributed by atoms with Gasteiger partial charge in [-0.05, 0) is 29.1 Å². The summed E-state index contributed by atoms with van der Waals surface area (Å²) < 4.78 is 35.5. The van der Waals surface area contributed by atoms with Crippen molar-refractivity contribution in [1.29, 1.82) is 0 Å². The van der Waals surface area contributed by atoms with Crippen LogP contribution < -0.4 is 5.73 Å². The van der Waals surface area contributed by atoms with Gasteiger partial charge in [-0.1, -0.05) is 55.4 Å². The molecule has 0 amide bonds. The first-order valence-electron chi connectivity index (χ1n) is 14.1. The fourth-order valence-corrected chi connectivity index (χ4v) is 17.4. The van der Waals surface area contributed by atoms with Crippen LogP contribution >= 0.6 is 0 Å². The van der Waals surface area contributed by atoms with E-state index < -0.39 is 35.6 Å². The molecule has 39 heavy (non-hydrogen) atoms. The third-order valence-electron chi connectivity index (χ3n) is 8.17. The molecule has 2 aromatic rings. The molecule has 4 unspecified atom stereocenters. The molecule has 2 aliphatic heterocycles. The molecule has 2 aliphatic rings. The summed E-state index contributed by atoms with van der Waals surface area (Å²) in [5, 5.41) is 0. The van der Waals surface area contributed by atoms with Crippen molar-refractivity contribution in [2.75, 3.05) is 18.9 Å². The second-order valence-electron chi connectivity index (χ2n) is 11.9. The van der Waals surface area contributed by atoms with Gasteiger partial charge < -0.3 is 28.2 Å². The number of nitrogens with two attached hydrogens (primary N) is 1. The number of hydrogen-bond donors (Lipinski definition) is 1. The second kappa shape index (κ2) is 11.5. The minimum atomic E-state index is -2.92. The van der Waals surface area contributed by atoms with Gasteiger partial charge in [0, 0.05) is 5.92 Å². The van der Waals surface area contributed by atoms with Crippen molar-refractivity contribution in [3.63, 3.8) is 0 Å². The number of carbonyl (C=O) groups is 1. The van der Waals surface area contributed by atoms with E-state index in [1.54, 1.807) is 13.3 Å². The average Bonchev–Trinajstić information content (AvgIpc) is 3.41. The van der Waals surface area contributed by atoms with E-state index in [4.69, 9.17) is 28.2 Å². The summed E-state index contributed by atoms with van der Waals surface area (Å²) >= 11 is 0. The lowest BCUT2D eigenvalue weighted by Crippen LogP contribution is -2.65.